The Bertz CT molecular complexity index is 862. The third-order valence-corrected chi connectivity index (χ3v) is 6.68. The summed E-state index contributed by atoms with van der Waals surface area (Å²) >= 11 is 6.61. The van der Waals surface area contributed by atoms with Crippen molar-refractivity contribution in [3.8, 4) is 11.4 Å². The number of hydrogen-bond donors (Lipinski definition) is 1. The van der Waals surface area contributed by atoms with E-state index in [0.717, 1.165) is 19.5 Å². The van der Waals surface area contributed by atoms with Gasteiger partial charge in [-0.2, -0.15) is 4.98 Å². The van der Waals surface area contributed by atoms with E-state index in [-0.39, 0.29) is 0 Å². The maximum Gasteiger partial charge on any atom is 0.237 e. The number of halogens is 1. The summed E-state index contributed by atoms with van der Waals surface area (Å²) < 4.78 is 7.25. The summed E-state index contributed by atoms with van der Waals surface area (Å²) in [4.78, 5) is 4.46. The van der Waals surface area contributed by atoms with Crippen LogP contribution in [0.1, 0.15) is 38.0 Å². The fraction of sp³-hybridized carbons (Fsp3) is 0.412. The number of benzene rings is 1. The van der Waals surface area contributed by atoms with E-state index in [9.17, 15) is 0 Å². The highest BCUT2D eigenvalue weighted by molar-refractivity contribution is 9.10. The molecule has 1 saturated carbocycles. The molecule has 0 bridgehead atoms. The molecule has 0 aliphatic heterocycles. The van der Waals surface area contributed by atoms with Crippen molar-refractivity contribution in [1.29, 1.82) is 0 Å². The maximum absolute atomic E-state index is 5.35. The van der Waals surface area contributed by atoms with Crippen molar-refractivity contribution >= 4 is 44.2 Å². The van der Waals surface area contributed by atoms with E-state index in [1.165, 1.54) is 32.1 Å². The summed E-state index contributed by atoms with van der Waals surface area (Å²) in [6, 6.07) is 8.38. The summed E-state index contributed by atoms with van der Waals surface area (Å²) in [5.74, 6) is 1.76. The van der Waals surface area contributed by atoms with Crippen molar-refractivity contribution in [2.75, 3.05) is 5.32 Å². The molecule has 6 nitrogen and oxygen atoms in total. The standard InChI is InChI=1S/C17H18BrN5OS2/c18-12-6-4-5-11(9-12)15-20-14(24-23-15)10-25-17-22-21-16(26-17)19-13-7-2-1-3-8-13/h4-6,9,13H,1-3,7-8,10H2,(H,19,21). The molecule has 1 aliphatic carbocycles. The van der Waals surface area contributed by atoms with Gasteiger partial charge in [-0.05, 0) is 25.0 Å². The second kappa shape index (κ2) is 8.49. The average Bonchev–Trinajstić information content (AvgIpc) is 3.30. The molecule has 9 heteroatoms. The molecule has 1 aliphatic rings. The van der Waals surface area contributed by atoms with Crippen LogP contribution in [0.4, 0.5) is 5.13 Å². The topological polar surface area (TPSA) is 76.7 Å². The molecule has 1 N–H and O–H groups in total. The molecule has 0 saturated heterocycles. The first kappa shape index (κ1) is 17.9. The number of thioether (sulfide) groups is 1. The third kappa shape index (κ3) is 4.63. The van der Waals surface area contributed by atoms with E-state index >= 15 is 0 Å². The summed E-state index contributed by atoms with van der Waals surface area (Å²) in [5.41, 5.74) is 0.925. The Morgan fingerprint density at radius 3 is 2.96 bits per heavy atom. The van der Waals surface area contributed by atoms with E-state index in [1.807, 2.05) is 24.3 Å². The zero-order valence-corrected chi connectivity index (χ0v) is 17.2. The van der Waals surface area contributed by atoms with Crippen LogP contribution in [-0.2, 0) is 5.75 Å². The number of hydrogen-bond acceptors (Lipinski definition) is 8. The van der Waals surface area contributed by atoms with Gasteiger partial charge in [-0.1, -0.05) is 75.6 Å². The van der Waals surface area contributed by atoms with Gasteiger partial charge < -0.3 is 9.84 Å². The lowest BCUT2D eigenvalue weighted by Crippen LogP contribution is -2.21. The van der Waals surface area contributed by atoms with Crippen LogP contribution < -0.4 is 5.32 Å². The van der Waals surface area contributed by atoms with Gasteiger partial charge in [0.2, 0.25) is 16.8 Å². The Kier molecular flexibility index (Phi) is 5.86. The molecule has 2 heterocycles. The fourth-order valence-electron chi connectivity index (χ4n) is 2.93. The van der Waals surface area contributed by atoms with Crippen molar-refractivity contribution in [2.24, 2.45) is 0 Å². The van der Waals surface area contributed by atoms with E-state index < -0.39 is 0 Å². The lowest BCUT2D eigenvalue weighted by atomic mass is 9.96. The lowest BCUT2D eigenvalue weighted by Gasteiger charge is -2.21. The molecule has 0 amide bonds. The molecular weight excluding hydrogens is 434 g/mol. The van der Waals surface area contributed by atoms with Gasteiger partial charge in [-0.15, -0.1) is 10.2 Å². The van der Waals surface area contributed by atoms with E-state index in [4.69, 9.17) is 4.52 Å². The summed E-state index contributed by atoms with van der Waals surface area (Å²) in [5, 5.41) is 17.0. The SMILES string of the molecule is Brc1cccc(-c2noc(CSc3nnc(NC4CCCCC4)s3)n2)c1. The Labute approximate surface area is 168 Å². The van der Waals surface area contributed by atoms with Crippen LogP contribution in [0.3, 0.4) is 0 Å². The molecule has 2 aromatic heterocycles. The molecule has 4 rings (SSSR count). The first-order valence-corrected chi connectivity index (χ1v) is 11.2. The van der Waals surface area contributed by atoms with E-state index in [2.05, 4.69) is 41.6 Å². The molecule has 0 atom stereocenters. The minimum absolute atomic E-state index is 0.540. The van der Waals surface area contributed by atoms with Gasteiger partial charge in [-0.3, -0.25) is 0 Å². The Morgan fingerprint density at radius 2 is 2.12 bits per heavy atom. The molecule has 0 radical (unpaired) electrons. The van der Waals surface area contributed by atoms with Crippen molar-refractivity contribution in [3.63, 3.8) is 0 Å². The zero-order chi connectivity index (χ0) is 17.8. The maximum atomic E-state index is 5.35. The lowest BCUT2D eigenvalue weighted by molar-refractivity contribution is 0.391. The molecular formula is C17H18BrN5OS2. The molecule has 0 spiro atoms. The van der Waals surface area contributed by atoms with Crippen molar-refractivity contribution in [2.45, 2.75) is 48.2 Å². The first-order valence-electron chi connectivity index (χ1n) is 8.57. The van der Waals surface area contributed by atoms with Crippen LogP contribution in [0.5, 0.6) is 0 Å². The number of rotatable bonds is 6. The molecule has 136 valence electrons. The van der Waals surface area contributed by atoms with Gasteiger partial charge in [-0.25, -0.2) is 0 Å². The molecule has 1 fully saturated rings. The monoisotopic (exact) mass is 451 g/mol. The molecule has 26 heavy (non-hydrogen) atoms. The third-order valence-electron chi connectivity index (χ3n) is 4.21. The summed E-state index contributed by atoms with van der Waals surface area (Å²) in [6.45, 7) is 0. The van der Waals surface area contributed by atoms with Gasteiger partial charge in [0.25, 0.3) is 0 Å². The van der Waals surface area contributed by atoms with Crippen LogP contribution in [0.2, 0.25) is 0 Å². The van der Waals surface area contributed by atoms with Crippen LogP contribution in [-0.4, -0.2) is 26.4 Å². The van der Waals surface area contributed by atoms with Gasteiger partial charge >= 0.3 is 0 Å². The van der Waals surface area contributed by atoms with Gasteiger partial charge in [0, 0.05) is 16.1 Å². The van der Waals surface area contributed by atoms with Crippen molar-refractivity contribution < 1.29 is 4.52 Å². The Morgan fingerprint density at radius 1 is 1.23 bits per heavy atom. The normalized spacial score (nSPS) is 15.3. The van der Waals surface area contributed by atoms with Gasteiger partial charge in [0.1, 0.15) is 0 Å². The van der Waals surface area contributed by atoms with Crippen molar-refractivity contribution in [1.82, 2.24) is 20.3 Å². The highest BCUT2D eigenvalue weighted by Crippen LogP contribution is 2.30. The largest absolute Gasteiger partial charge is 0.357 e. The van der Waals surface area contributed by atoms with Crippen molar-refractivity contribution in [3.05, 3.63) is 34.6 Å². The van der Waals surface area contributed by atoms with Crippen LogP contribution in [0.15, 0.2) is 37.6 Å². The second-order valence-corrected chi connectivity index (χ2v) is 9.28. The summed E-state index contributed by atoms with van der Waals surface area (Å²) in [7, 11) is 0. The smallest absolute Gasteiger partial charge is 0.237 e. The van der Waals surface area contributed by atoms with Gasteiger partial charge in [0.05, 0.1) is 5.75 Å². The first-order chi connectivity index (χ1) is 12.8. The second-order valence-electron chi connectivity index (χ2n) is 6.16. The molecule has 0 unspecified atom stereocenters. The van der Waals surface area contributed by atoms with Gasteiger partial charge in [0.15, 0.2) is 4.34 Å². The molecule has 3 aromatic rings. The number of aromatic nitrogens is 4. The van der Waals surface area contributed by atoms with Crippen LogP contribution in [0, 0.1) is 0 Å². The number of anilines is 1. The molecule has 1 aromatic carbocycles. The van der Waals surface area contributed by atoms with Crippen LogP contribution >= 0.6 is 39.0 Å². The minimum atomic E-state index is 0.540. The van der Waals surface area contributed by atoms with E-state index in [1.54, 1.807) is 23.1 Å². The zero-order valence-electron chi connectivity index (χ0n) is 14.0. The average molecular weight is 452 g/mol. The van der Waals surface area contributed by atoms with E-state index in [0.29, 0.717) is 23.5 Å². The predicted molar refractivity (Wildman–Crippen MR) is 107 cm³/mol. The Hall–Kier alpha value is -1.45. The number of nitrogens with one attached hydrogen (secondary N) is 1. The Balaban J connectivity index is 1.33. The summed E-state index contributed by atoms with van der Waals surface area (Å²) in [6.07, 6.45) is 6.40. The van der Waals surface area contributed by atoms with Crippen LogP contribution in [0.25, 0.3) is 11.4 Å². The quantitative estimate of drug-likeness (QED) is 0.503. The highest BCUT2D eigenvalue weighted by atomic mass is 79.9. The number of nitrogens with zero attached hydrogens (tertiary/aromatic N) is 4. The predicted octanol–water partition coefficient (Wildman–Crippen LogP) is 5.39. The fourth-order valence-corrected chi connectivity index (χ4v) is 5.00. The highest BCUT2D eigenvalue weighted by Gasteiger charge is 2.16. The minimum Gasteiger partial charge on any atom is -0.357 e.